The third-order valence-electron chi connectivity index (χ3n) is 4.60. The second-order valence-electron chi connectivity index (χ2n) is 6.43. The Morgan fingerprint density at radius 1 is 1.12 bits per heavy atom. The SMILES string of the molecule is NC(c1ccccc1)c1noc(Cc2ccc(N3CCCC3=O)cc2)n1. The molecule has 0 spiro atoms. The van der Waals surface area contributed by atoms with Crippen molar-refractivity contribution < 1.29 is 9.32 Å². The van der Waals surface area contributed by atoms with Crippen molar-refractivity contribution in [3.05, 3.63) is 77.4 Å². The summed E-state index contributed by atoms with van der Waals surface area (Å²) < 4.78 is 5.35. The number of hydrogen-bond donors (Lipinski definition) is 1. The largest absolute Gasteiger partial charge is 0.339 e. The molecule has 6 nitrogen and oxygen atoms in total. The van der Waals surface area contributed by atoms with Gasteiger partial charge in [-0.2, -0.15) is 4.98 Å². The van der Waals surface area contributed by atoms with Crippen LogP contribution in [-0.4, -0.2) is 22.6 Å². The summed E-state index contributed by atoms with van der Waals surface area (Å²) in [6.45, 7) is 0.794. The van der Waals surface area contributed by atoms with E-state index in [1.165, 1.54) is 0 Å². The van der Waals surface area contributed by atoms with Crippen LogP contribution < -0.4 is 10.6 Å². The molecule has 1 unspecified atom stereocenters. The Kier molecular flexibility index (Phi) is 4.50. The summed E-state index contributed by atoms with van der Waals surface area (Å²) in [5.74, 6) is 1.19. The van der Waals surface area contributed by atoms with Gasteiger partial charge in [-0.05, 0) is 29.7 Å². The van der Waals surface area contributed by atoms with E-state index >= 15 is 0 Å². The predicted octanol–water partition coefficient (Wildman–Crippen LogP) is 2.84. The molecular weight excluding hydrogens is 328 g/mol. The number of nitrogens with two attached hydrogens (primary N) is 1. The predicted molar refractivity (Wildman–Crippen MR) is 97.6 cm³/mol. The maximum atomic E-state index is 11.8. The van der Waals surface area contributed by atoms with E-state index in [2.05, 4.69) is 10.1 Å². The maximum absolute atomic E-state index is 11.8. The van der Waals surface area contributed by atoms with Crippen molar-refractivity contribution in [2.24, 2.45) is 5.73 Å². The van der Waals surface area contributed by atoms with E-state index < -0.39 is 6.04 Å². The average Bonchev–Trinajstić information content (AvgIpc) is 3.32. The first-order chi connectivity index (χ1) is 12.7. The number of amides is 1. The lowest BCUT2D eigenvalue weighted by Crippen LogP contribution is -2.23. The highest BCUT2D eigenvalue weighted by Crippen LogP contribution is 2.23. The molecule has 0 radical (unpaired) electrons. The summed E-state index contributed by atoms with van der Waals surface area (Å²) >= 11 is 0. The van der Waals surface area contributed by atoms with Gasteiger partial charge in [-0.25, -0.2) is 0 Å². The number of nitrogens with zero attached hydrogens (tertiary/aromatic N) is 3. The van der Waals surface area contributed by atoms with Crippen molar-refractivity contribution in [1.29, 1.82) is 0 Å². The Hall–Kier alpha value is -2.99. The molecule has 1 atom stereocenters. The van der Waals surface area contributed by atoms with E-state index in [1.54, 1.807) is 0 Å². The topological polar surface area (TPSA) is 85.2 Å². The van der Waals surface area contributed by atoms with Crippen LogP contribution in [-0.2, 0) is 11.2 Å². The fourth-order valence-corrected chi connectivity index (χ4v) is 3.17. The second-order valence-corrected chi connectivity index (χ2v) is 6.43. The molecule has 26 heavy (non-hydrogen) atoms. The van der Waals surface area contributed by atoms with E-state index in [4.69, 9.17) is 10.3 Å². The van der Waals surface area contributed by atoms with E-state index in [1.807, 2.05) is 59.5 Å². The number of benzene rings is 2. The number of hydrogen-bond acceptors (Lipinski definition) is 5. The fourth-order valence-electron chi connectivity index (χ4n) is 3.17. The molecule has 0 bridgehead atoms. The molecule has 1 amide bonds. The number of anilines is 1. The van der Waals surface area contributed by atoms with Gasteiger partial charge < -0.3 is 15.2 Å². The van der Waals surface area contributed by atoms with E-state index in [0.29, 0.717) is 24.6 Å². The minimum Gasteiger partial charge on any atom is -0.339 e. The minimum atomic E-state index is -0.405. The van der Waals surface area contributed by atoms with Crippen LogP contribution in [0.1, 0.15) is 41.7 Å². The Labute approximate surface area is 151 Å². The highest BCUT2D eigenvalue weighted by molar-refractivity contribution is 5.95. The second kappa shape index (κ2) is 7.09. The number of rotatable bonds is 5. The van der Waals surface area contributed by atoms with Gasteiger partial charge in [0.1, 0.15) is 0 Å². The van der Waals surface area contributed by atoms with Crippen LogP contribution in [0.4, 0.5) is 5.69 Å². The summed E-state index contributed by atoms with van der Waals surface area (Å²) in [6, 6.07) is 17.2. The van der Waals surface area contributed by atoms with Crippen molar-refractivity contribution in [1.82, 2.24) is 10.1 Å². The highest BCUT2D eigenvalue weighted by Gasteiger charge is 2.21. The molecular formula is C20H20N4O2. The molecule has 1 aromatic heterocycles. The first kappa shape index (κ1) is 16.5. The van der Waals surface area contributed by atoms with Crippen LogP contribution in [0.15, 0.2) is 59.1 Å². The fraction of sp³-hybridized carbons (Fsp3) is 0.250. The zero-order chi connectivity index (χ0) is 17.9. The molecule has 0 aliphatic carbocycles. The van der Waals surface area contributed by atoms with Crippen molar-refractivity contribution in [2.75, 3.05) is 11.4 Å². The van der Waals surface area contributed by atoms with E-state index in [0.717, 1.165) is 29.8 Å². The molecule has 1 aliphatic heterocycles. The van der Waals surface area contributed by atoms with Gasteiger partial charge in [0, 0.05) is 18.7 Å². The summed E-state index contributed by atoms with van der Waals surface area (Å²) in [6.07, 6.45) is 2.09. The Balaban J connectivity index is 1.45. The molecule has 1 fully saturated rings. The van der Waals surface area contributed by atoms with Crippen molar-refractivity contribution in [2.45, 2.75) is 25.3 Å². The number of aromatic nitrogens is 2. The smallest absolute Gasteiger partial charge is 0.231 e. The molecule has 1 saturated heterocycles. The Morgan fingerprint density at radius 2 is 1.88 bits per heavy atom. The van der Waals surface area contributed by atoms with Gasteiger partial charge in [0.25, 0.3) is 0 Å². The van der Waals surface area contributed by atoms with Crippen molar-refractivity contribution in [3.63, 3.8) is 0 Å². The lowest BCUT2D eigenvalue weighted by atomic mass is 10.1. The summed E-state index contributed by atoms with van der Waals surface area (Å²) in [5.41, 5.74) is 9.13. The standard InChI is InChI=1S/C20H20N4O2/c21-19(15-5-2-1-3-6-15)20-22-17(26-23-20)13-14-8-10-16(11-9-14)24-12-4-7-18(24)25/h1-3,5-6,8-11,19H,4,7,12-13,21H2. The van der Waals surface area contributed by atoms with Crippen LogP contribution in [0.2, 0.25) is 0 Å². The molecule has 6 heteroatoms. The van der Waals surface area contributed by atoms with Gasteiger partial charge in [-0.3, -0.25) is 4.79 Å². The van der Waals surface area contributed by atoms with Gasteiger partial charge in [0.2, 0.25) is 11.8 Å². The average molecular weight is 348 g/mol. The molecule has 1 aliphatic rings. The third-order valence-corrected chi connectivity index (χ3v) is 4.60. The van der Waals surface area contributed by atoms with Gasteiger partial charge in [-0.15, -0.1) is 0 Å². The van der Waals surface area contributed by atoms with E-state index in [9.17, 15) is 4.79 Å². The zero-order valence-corrected chi connectivity index (χ0v) is 14.3. The van der Waals surface area contributed by atoms with Crippen LogP contribution in [0.5, 0.6) is 0 Å². The number of carbonyl (C=O) groups excluding carboxylic acids is 1. The maximum Gasteiger partial charge on any atom is 0.231 e. The number of carbonyl (C=O) groups is 1. The van der Waals surface area contributed by atoms with Crippen LogP contribution >= 0.6 is 0 Å². The normalized spacial score (nSPS) is 15.4. The zero-order valence-electron chi connectivity index (χ0n) is 14.3. The molecule has 2 heterocycles. The van der Waals surface area contributed by atoms with Crippen LogP contribution in [0, 0.1) is 0 Å². The summed E-state index contributed by atoms with van der Waals surface area (Å²) in [5, 5.41) is 4.02. The van der Waals surface area contributed by atoms with Gasteiger partial charge in [-0.1, -0.05) is 47.6 Å². The molecule has 0 saturated carbocycles. The van der Waals surface area contributed by atoms with Gasteiger partial charge >= 0.3 is 0 Å². The quantitative estimate of drug-likeness (QED) is 0.766. The first-order valence-corrected chi connectivity index (χ1v) is 8.73. The lowest BCUT2D eigenvalue weighted by molar-refractivity contribution is -0.117. The first-order valence-electron chi connectivity index (χ1n) is 8.73. The van der Waals surface area contributed by atoms with E-state index in [-0.39, 0.29) is 5.91 Å². The Bertz CT molecular complexity index is 890. The highest BCUT2D eigenvalue weighted by atomic mass is 16.5. The monoisotopic (exact) mass is 348 g/mol. The van der Waals surface area contributed by atoms with Gasteiger partial charge in [0.15, 0.2) is 5.82 Å². The van der Waals surface area contributed by atoms with Crippen molar-refractivity contribution >= 4 is 11.6 Å². The van der Waals surface area contributed by atoms with Crippen molar-refractivity contribution in [3.8, 4) is 0 Å². The van der Waals surface area contributed by atoms with Crippen LogP contribution in [0.25, 0.3) is 0 Å². The van der Waals surface area contributed by atoms with Gasteiger partial charge in [0.05, 0.1) is 12.5 Å². The van der Waals surface area contributed by atoms with Crippen LogP contribution in [0.3, 0.4) is 0 Å². The minimum absolute atomic E-state index is 0.189. The summed E-state index contributed by atoms with van der Waals surface area (Å²) in [4.78, 5) is 18.1. The molecule has 132 valence electrons. The lowest BCUT2D eigenvalue weighted by Gasteiger charge is -2.15. The molecule has 2 N–H and O–H groups in total. The molecule has 2 aromatic carbocycles. The summed E-state index contributed by atoms with van der Waals surface area (Å²) in [7, 11) is 0. The molecule has 3 aromatic rings. The molecule has 4 rings (SSSR count). The Morgan fingerprint density at radius 3 is 2.58 bits per heavy atom. The third kappa shape index (κ3) is 3.36.